The zero-order valence-corrected chi connectivity index (χ0v) is 12.2. The predicted molar refractivity (Wildman–Crippen MR) is 76.2 cm³/mol. The summed E-state index contributed by atoms with van der Waals surface area (Å²) in [6.07, 6.45) is 9.35. The maximum Gasteiger partial charge on any atom is 0.0218 e. The van der Waals surface area contributed by atoms with Crippen LogP contribution in [0.5, 0.6) is 0 Å². The van der Waals surface area contributed by atoms with Crippen molar-refractivity contribution in [1.82, 2.24) is 4.90 Å². The van der Waals surface area contributed by atoms with Gasteiger partial charge in [0.1, 0.15) is 0 Å². The van der Waals surface area contributed by atoms with Crippen LogP contribution in [0.1, 0.15) is 65.7 Å². The van der Waals surface area contributed by atoms with Crippen LogP contribution in [0, 0.1) is 5.41 Å². The maximum absolute atomic E-state index is 5.94. The fourth-order valence-corrected chi connectivity index (χ4v) is 2.86. The first-order valence-corrected chi connectivity index (χ1v) is 7.59. The number of unbranched alkanes of at least 4 members (excludes halogenated alkanes) is 2. The minimum atomic E-state index is 0.596. The largest absolute Gasteiger partial charge is 0.329 e. The van der Waals surface area contributed by atoms with Crippen LogP contribution in [0.2, 0.25) is 0 Å². The number of nitrogens with zero attached hydrogens (tertiary/aromatic N) is 1. The molecule has 0 aromatic carbocycles. The van der Waals surface area contributed by atoms with Crippen LogP contribution in [0.25, 0.3) is 0 Å². The molecule has 2 N–H and O–H groups in total. The zero-order valence-electron chi connectivity index (χ0n) is 12.2. The average Bonchev–Trinajstić information content (AvgIpc) is 2.36. The number of likely N-dealkylation sites (tertiary alicyclic amines) is 1. The van der Waals surface area contributed by atoms with E-state index in [1.807, 2.05) is 0 Å². The van der Waals surface area contributed by atoms with E-state index in [1.165, 1.54) is 58.0 Å². The molecule has 102 valence electrons. The molecule has 1 rings (SSSR count). The first kappa shape index (κ1) is 15.0. The summed E-state index contributed by atoms with van der Waals surface area (Å²) in [5.41, 5.74) is 6.54. The van der Waals surface area contributed by atoms with E-state index >= 15 is 0 Å². The van der Waals surface area contributed by atoms with Crippen molar-refractivity contribution in [3.05, 3.63) is 0 Å². The Morgan fingerprint density at radius 1 is 1.18 bits per heavy atom. The van der Waals surface area contributed by atoms with E-state index < -0.39 is 0 Å². The van der Waals surface area contributed by atoms with E-state index in [4.69, 9.17) is 5.73 Å². The number of hydrogen-bond acceptors (Lipinski definition) is 2. The van der Waals surface area contributed by atoms with E-state index in [0.717, 1.165) is 6.54 Å². The van der Waals surface area contributed by atoms with Crippen molar-refractivity contribution in [3.8, 4) is 0 Å². The molecule has 0 aromatic heterocycles. The Labute approximate surface area is 108 Å². The average molecular weight is 240 g/mol. The van der Waals surface area contributed by atoms with Crippen molar-refractivity contribution < 1.29 is 0 Å². The van der Waals surface area contributed by atoms with Crippen molar-refractivity contribution in [1.29, 1.82) is 0 Å². The van der Waals surface area contributed by atoms with Gasteiger partial charge in [0.2, 0.25) is 0 Å². The van der Waals surface area contributed by atoms with Crippen molar-refractivity contribution >= 4 is 0 Å². The lowest BCUT2D eigenvalue weighted by Gasteiger charge is -2.42. The van der Waals surface area contributed by atoms with Gasteiger partial charge in [-0.2, -0.15) is 0 Å². The molecule has 0 radical (unpaired) electrons. The second-order valence-electron chi connectivity index (χ2n) is 6.09. The molecule has 1 heterocycles. The van der Waals surface area contributed by atoms with Crippen molar-refractivity contribution in [2.45, 2.75) is 71.8 Å². The Balaban J connectivity index is 2.34. The van der Waals surface area contributed by atoms with Gasteiger partial charge in [0.25, 0.3) is 0 Å². The van der Waals surface area contributed by atoms with Crippen LogP contribution < -0.4 is 5.73 Å². The first-order chi connectivity index (χ1) is 8.15. The Morgan fingerprint density at radius 2 is 1.82 bits per heavy atom. The van der Waals surface area contributed by atoms with Gasteiger partial charge in [0.05, 0.1) is 0 Å². The fourth-order valence-electron chi connectivity index (χ4n) is 2.86. The monoisotopic (exact) mass is 240 g/mol. The molecule has 17 heavy (non-hydrogen) atoms. The molecule has 0 saturated carbocycles. The van der Waals surface area contributed by atoms with Gasteiger partial charge in [0.15, 0.2) is 0 Å². The summed E-state index contributed by atoms with van der Waals surface area (Å²) in [7, 11) is 0. The van der Waals surface area contributed by atoms with Gasteiger partial charge in [-0.25, -0.2) is 0 Å². The third kappa shape index (κ3) is 4.59. The van der Waals surface area contributed by atoms with Gasteiger partial charge < -0.3 is 5.73 Å². The second-order valence-corrected chi connectivity index (χ2v) is 6.09. The topological polar surface area (TPSA) is 29.3 Å². The molecule has 1 atom stereocenters. The smallest absolute Gasteiger partial charge is 0.0218 e. The molecule has 0 aliphatic carbocycles. The van der Waals surface area contributed by atoms with Gasteiger partial charge >= 0.3 is 0 Å². The van der Waals surface area contributed by atoms with Crippen LogP contribution in [0.3, 0.4) is 0 Å². The molecular formula is C15H32N2. The number of piperidine rings is 1. The molecule has 1 saturated heterocycles. The minimum Gasteiger partial charge on any atom is -0.329 e. The highest BCUT2D eigenvalue weighted by Gasteiger charge is 2.30. The summed E-state index contributed by atoms with van der Waals surface area (Å²) in [4.78, 5) is 2.65. The highest BCUT2D eigenvalue weighted by atomic mass is 15.2. The lowest BCUT2D eigenvalue weighted by Crippen LogP contribution is -2.47. The maximum atomic E-state index is 5.94. The van der Waals surface area contributed by atoms with E-state index in [2.05, 4.69) is 25.7 Å². The molecule has 2 nitrogen and oxygen atoms in total. The first-order valence-electron chi connectivity index (χ1n) is 7.59. The van der Waals surface area contributed by atoms with Gasteiger partial charge in [-0.1, -0.05) is 46.5 Å². The SMILES string of the molecule is CCCCCC(CN)N1CCC(C)(CC)CC1. The highest BCUT2D eigenvalue weighted by molar-refractivity contribution is 4.84. The molecule has 0 aromatic rings. The fraction of sp³-hybridized carbons (Fsp3) is 1.00. The van der Waals surface area contributed by atoms with E-state index in [0.29, 0.717) is 11.5 Å². The van der Waals surface area contributed by atoms with Gasteiger partial charge in [0, 0.05) is 12.6 Å². The van der Waals surface area contributed by atoms with E-state index in [-0.39, 0.29) is 0 Å². The summed E-state index contributed by atoms with van der Waals surface area (Å²) >= 11 is 0. The lowest BCUT2D eigenvalue weighted by molar-refractivity contribution is 0.0789. The Bertz CT molecular complexity index is 195. The van der Waals surface area contributed by atoms with Crippen LogP contribution in [0.15, 0.2) is 0 Å². The zero-order chi connectivity index (χ0) is 12.7. The van der Waals surface area contributed by atoms with Crippen LogP contribution >= 0.6 is 0 Å². The summed E-state index contributed by atoms with van der Waals surface area (Å²) in [5.74, 6) is 0. The number of nitrogens with two attached hydrogens (primary N) is 1. The van der Waals surface area contributed by atoms with Crippen molar-refractivity contribution in [2.75, 3.05) is 19.6 Å². The Hall–Kier alpha value is -0.0800. The minimum absolute atomic E-state index is 0.596. The predicted octanol–water partition coefficient (Wildman–Crippen LogP) is 3.41. The summed E-state index contributed by atoms with van der Waals surface area (Å²) in [6, 6.07) is 0.642. The Kier molecular flexibility index (Phi) is 6.50. The normalized spacial score (nSPS) is 22.6. The van der Waals surface area contributed by atoms with Gasteiger partial charge in [-0.05, 0) is 37.8 Å². The standard InChI is InChI=1S/C15H32N2/c1-4-6-7-8-14(13-16)17-11-9-15(3,5-2)10-12-17/h14H,4-13,16H2,1-3H3. The van der Waals surface area contributed by atoms with Crippen LogP contribution in [-0.2, 0) is 0 Å². The molecule has 2 heteroatoms. The summed E-state index contributed by atoms with van der Waals surface area (Å²) < 4.78 is 0. The van der Waals surface area contributed by atoms with Gasteiger partial charge in [-0.3, -0.25) is 4.90 Å². The van der Waals surface area contributed by atoms with Gasteiger partial charge in [-0.15, -0.1) is 0 Å². The molecule has 0 bridgehead atoms. The third-order valence-electron chi connectivity index (χ3n) is 4.79. The number of rotatable bonds is 7. The van der Waals surface area contributed by atoms with Crippen LogP contribution in [-0.4, -0.2) is 30.6 Å². The molecule has 0 spiro atoms. The van der Waals surface area contributed by atoms with E-state index in [9.17, 15) is 0 Å². The second kappa shape index (κ2) is 7.38. The third-order valence-corrected chi connectivity index (χ3v) is 4.79. The Morgan fingerprint density at radius 3 is 2.29 bits per heavy atom. The van der Waals surface area contributed by atoms with E-state index in [1.54, 1.807) is 0 Å². The summed E-state index contributed by atoms with van der Waals surface area (Å²) in [6.45, 7) is 10.4. The van der Waals surface area contributed by atoms with Crippen molar-refractivity contribution in [3.63, 3.8) is 0 Å². The van der Waals surface area contributed by atoms with Crippen LogP contribution in [0.4, 0.5) is 0 Å². The molecule has 1 fully saturated rings. The quantitative estimate of drug-likeness (QED) is 0.691. The number of hydrogen-bond donors (Lipinski definition) is 1. The molecule has 1 unspecified atom stereocenters. The molecule has 1 aliphatic heterocycles. The molecule has 1 aliphatic rings. The lowest BCUT2D eigenvalue weighted by atomic mass is 9.78. The molecule has 0 amide bonds. The summed E-state index contributed by atoms with van der Waals surface area (Å²) in [5, 5.41) is 0. The highest BCUT2D eigenvalue weighted by Crippen LogP contribution is 2.34. The molecular weight excluding hydrogens is 208 g/mol. The van der Waals surface area contributed by atoms with Crippen molar-refractivity contribution in [2.24, 2.45) is 11.1 Å².